The summed E-state index contributed by atoms with van der Waals surface area (Å²) in [4.78, 5) is 11.0. The summed E-state index contributed by atoms with van der Waals surface area (Å²) in [5.41, 5.74) is 2.53. The van der Waals surface area contributed by atoms with Gasteiger partial charge in [-0.25, -0.2) is 0 Å². The van der Waals surface area contributed by atoms with Crippen LogP contribution >= 0.6 is 0 Å². The number of allylic oxidation sites excluding steroid dienone is 4. The van der Waals surface area contributed by atoms with Crippen molar-refractivity contribution in [3.05, 3.63) is 36.0 Å². The van der Waals surface area contributed by atoms with Gasteiger partial charge in [-0.15, -0.1) is 0 Å². The van der Waals surface area contributed by atoms with E-state index in [1.165, 1.54) is 24.1 Å². The topological polar surface area (TPSA) is 26.3 Å². The van der Waals surface area contributed by atoms with Crippen LogP contribution in [0.2, 0.25) is 0 Å². The maximum Gasteiger partial charge on any atom is 0.303 e. The van der Waals surface area contributed by atoms with Crippen LogP contribution in [0.4, 0.5) is 0 Å². The highest BCUT2D eigenvalue weighted by Crippen LogP contribution is 2.11. The third-order valence-electron chi connectivity index (χ3n) is 2.39. The molecule has 0 amide bonds. The van der Waals surface area contributed by atoms with Gasteiger partial charge in [-0.3, -0.25) is 4.79 Å². The normalized spacial score (nSPS) is 11.9. The molecule has 2 heteroatoms. The molecule has 0 N–H and O–H groups in total. The van der Waals surface area contributed by atoms with Gasteiger partial charge < -0.3 is 4.74 Å². The molecule has 104 valence electrons. The second kappa shape index (κ2) is 10.2. The minimum Gasteiger partial charge on any atom is -0.457 e. The van der Waals surface area contributed by atoms with Crippen LogP contribution in [0.25, 0.3) is 0 Å². The van der Waals surface area contributed by atoms with E-state index in [0.717, 1.165) is 12.8 Å². The fourth-order valence-corrected chi connectivity index (χ4v) is 1.57. The van der Waals surface area contributed by atoms with Crippen LogP contribution in [-0.2, 0) is 9.53 Å². The van der Waals surface area contributed by atoms with Crippen molar-refractivity contribution in [3.63, 3.8) is 0 Å². The van der Waals surface area contributed by atoms with Gasteiger partial charge in [-0.2, -0.15) is 0 Å². The molecule has 2 nitrogen and oxygen atoms in total. The number of hydrogen-bond donors (Lipinski definition) is 0. The lowest BCUT2D eigenvalue weighted by Gasteiger charge is -2.11. The van der Waals surface area contributed by atoms with Gasteiger partial charge in [0.1, 0.15) is 6.10 Å². The summed E-state index contributed by atoms with van der Waals surface area (Å²) in [5.74, 6) is 5.41. The van der Waals surface area contributed by atoms with Crippen LogP contribution in [0.5, 0.6) is 0 Å². The van der Waals surface area contributed by atoms with Gasteiger partial charge in [0, 0.05) is 6.92 Å². The van der Waals surface area contributed by atoms with E-state index >= 15 is 0 Å². The Morgan fingerprint density at radius 2 is 2.00 bits per heavy atom. The Morgan fingerprint density at radius 3 is 2.53 bits per heavy atom. The summed E-state index contributed by atoms with van der Waals surface area (Å²) < 4.78 is 5.23. The molecule has 0 spiro atoms. The first-order valence-electron chi connectivity index (χ1n) is 6.53. The monoisotopic (exact) mass is 260 g/mol. The molecule has 0 aromatic rings. The maximum absolute atomic E-state index is 11.0. The summed E-state index contributed by atoms with van der Waals surface area (Å²) in [7, 11) is 0. The first-order chi connectivity index (χ1) is 8.95. The number of esters is 1. The van der Waals surface area contributed by atoms with Gasteiger partial charge in [-0.05, 0) is 45.8 Å². The Balaban J connectivity index is 4.53. The molecule has 0 saturated carbocycles. The predicted octanol–water partition coefficient (Wildman–Crippen LogP) is 4.19. The minimum atomic E-state index is -0.279. The highest BCUT2D eigenvalue weighted by Gasteiger charge is 2.07. The van der Waals surface area contributed by atoms with Crippen molar-refractivity contribution in [3.8, 4) is 11.8 Å². The quantitative estimate of drug-likeness (QED) is 0.406. The predicted molar refractivity (Wildman–Crippen MR) is 80.6 cm³/mol. The first-order valence-corrected chi connectivity index (χ1v) is 6.53. The van der Waals surface area contributed by atoms with Crippen molar-refractivity contribution in [2.45, 2.75) is 53.1 Å². The molecule has 0 aliphatic carbocycles. The molecule has 0 rings (SSSR count). The van der Waals surface area contributed by atoms with Gasteiger partial charge in [0.15, 0.2) is 0 Å². The van der Waals surface area contributed by atoms with E-state index in [0.29, 0.717) is 6.42 Å². The molecule has 0 aromatic carbocycles. The van der Waals surface area contributed by atoms with E-state index < -0.39 is 0 Å². The number of ether oxygens (including phenoxy) is 1. The largest absolute Gasteiger partial charge is 0.457 e. The van der Waals surface area contributed by atoms with E-state index in [2.05, 4.69) is 45.3 Å². The molecular weight excluding hydrogens is 236 g/mol. The molecule has 0 saturated heterocycles. The van der Waals surface area contributed by atoms with E-state index in [1.54, 1.807) is 0 Å². The molecule has 1 unspecified atom stereocenters. The van der Waals surface area contributed by atoms with Crippen molar-refractivity contribution in [1.82, 2.24) is 0 Å². The summed E-state index contributed by atoms with van der Waals surface area (Å²) in [6.07, 6.45) is 7.94. The summed E-state index contributed by atoms with van der Waals surface area (Å²) in [5, 5.41) is 0. The van der Waals surface area contributed by atoms with Gasteiger partial charge >= 0.3 is 5.97 Å². The number of carbonyl (C=O) groups excluding carboxylic acids is 1. The van der Waals surface area contributed by atoms with E-state index in [4.69, 9.17) is 4.74 Å². The third-order valence-corrected chi connectivity index (χ3v) is 2.39. The first kappa shape index (κ1) is 17.2. The Bertz CT molecular complexity index is 412. The van der Waals surface area contributed by atoms with Crippen molar-refractivity contribution in [2.75, 3.05) is 0 Å². The second-order valence-electron chi connectivity index (χ2n) is 4.71. The zero-order chi connectivity index (χ0) is 14.7. The number of hydrogen-bond acceptors (Lipinski definition) is 2. The molecule has 0 radical (unpaired) electrons. The molecule has 0 fully saturated rings. The van der Waals surface area contributed by atoms with Crippen molar-refractivity contribution in [2.24, 2.45) is 0 Å². The molecule has 0 bridgehead atoms. The zero-order valence-corrected chi connectivity index (χ0v) is 12.5. The van der Waals surface area contributed by atoms with Crippen molar-refractivity contribution < 1.29 is 9.53 Å². The van der Waals surface area contributed by atoms with E-state index in [1.807, 2.05) is 6.08 Å². The zero-order valence-electron chi connectivity index (χ0n) is 12.5. The Hall–Kier alpha value is -1.75. The van der Waals surface area contributed by atoms with Crippen LogP contribution in [-0.4, -0.2) is 12.1 Å². The average molecular weight is 260 g/mol. The van der Waals surface area contributed by atoms with Crippen LogP contribution in [0.15, 0.2) is 36.0 Å². The van der Waals surface area contributed by atoms with Crippen LogP contribution in [0.1, 0.15) is 47.0 Å². The molecule has 19 heavy (non-hydrogen) atoms. The summed E-state index contributed by atoms with van der Waals surface area (Å²) in [6, 6.07) is 0. The molecule has 0 aliphatic heterocycles. The maximum atomic E-state index is 11.0. The lowest BCUT2D eigenvalue weighted by atomic mass is 10.1. The second-order valence-corrected chi connectivity index (χ2v) is 4.71. The lowest BCUT2D eigenvalue weighted by Crippen LogP contribution is -2.13. The molecular formula is C17H24O2. The minimum absolute atomic E-state index is 0.267. The average Bonchev–Trinajstić information content (AvgIpc) is 2.27. The van der Waals surface area contributed by atoms with Crippen molar-refractivity contribution in [1.29, 1.82) is 0 Å². The van der Waals surface area contributed by atoms with Gasteiger partial charge in [0.05, 0.1) is 6.42 Å². The van der Waals surface area contributed by atoms with Crippen LogP contribution in [0, 0.1) is 11.8 Å². The van der Waals surface area contributed by atoms with Crippen LogP contribution in [0.3, 0.4) is 0 Å². The molecule has 0 heterocycles. The Kier molecular flexibility index (Phi) is 9.26. The van der Waals surface area contributed by atoms with Gasteiger partial charge in [0.25, 0.3) is 0 Å². The summed E-state index contributed by atoms with van der Waals surface area (Å²) >= 11 is 0. The van der Waals surface area contributed by atoms with Crippen molar-refractivity contribution >= 4 is 5.97 Å². The molecule has 1 atom stereocenters. The van der Waals surface area contributed by atoms with Gasteiger partial charge in [-0.1, -0.05) is 35.6 Å². The third kappa shape index (κ3) is 11.1. The molecule has 0 aromatic heterocycles. The standard InChI is InChI=1S/C17H24O2/c1-6-7-8-12-17(19-16(5)18)13-15(4)11-9-10-14(2)3/h6,10,13,17H,1,9,11-12H2,2-5H3/b15-13+. The molecule has 0 aliphatic rings. The fourth-order valence-electron chi connectivity index (χ4n) is 1.57. The number of carbonyl (C=O) groups is 1. The SMILES string of the molecule is C=CC#CCC(/C=C(\C)CCC=C(C)C)OC(C)=O. The van der Waals surface area contributed by atoms with Crippen LogP contribution < -0.4 is 0 Å². The fraction of sp³-hybridized carbons (Fsp3) is 0.471. The highest BCUT2D eigenvalue weighted by molar-refractivity contribution is 5.66. The lowest BCUT2D eigenvalue weighted by molar-refractivity contribution is -0.143. The van der Waals surface area contributed by atoms with Gasteiger partial charge in [0.2, 0.25) is 0 Å². The van der Waals surface area contributed by atoms with E-state index in [-0.39, 0.29) is 12.1 Å². The highest BCUT2D eigenvalue weighted by atomic mass is 16.5. The Labute approximate surface area is 117 Å². The smallest absolute Gasteiger partial charge is 0.303 e. The van der Waals surface area contributed by atoms with E-state index in [9.17, 15) is 4.79 Å². The number of rotatable bonds is 6. The summed E-state index contributed by atoms with van der Waals surface area (Å²) in [6.45, 7) is 11.2. The Morgan fingerprint density at radius 1 is 1.32 bits per heavy atom.